The summed E-state index contributed by atoms with van der Waals surface area (Å²) in [5.41, 5.74) is 11.3. The number of anilines is 1. The number of fused-ring (bicyclic) bond motifs is 1. The van der Waals surface area contributed by atoms with Crippen molar-refractivity contribution in [2.24, 2.45) is 0 Å². The number of pyridine rings is 1. The molecule has 4 nitrogen and oxygen atoms in total. The Labute approximate surface area is 129 Å². The van der Waals surface area contributed by atoms with Gasteiger partial charge in [0, 0.05) is 28.9 Å². The second kappa shape index (κ2) is 5.46. The van der Waals surface area contributed by atoms with Crippen molar-refractivity contribution in [1.29, 1.82) is 0 Å². The van der Waals surface area contributed by atoms with Crippen molar-refractivity contribution >= 4 is 16.7 Å². The Morgan fingerprint density at radius 2 is 1.82 bits per heavy atom. The molecule has 0 spiro atoms. The van der Waals surface area contributed by atoms with Crippen LogP contribution in [0.25, 0.3) is 22.2 Å². The van der Waals surface area contributed by atoms with Crippen molar-refractivity contribution in [3.8, 4) is 11.1 Å². The SMILES string of the molecule is Nc1ccc(-c2ccnc3[nH]c(C4CCNCC4)cc23)cc1. The summed E-state index contributed by atoms with van der Waals surface area (Å²) in [6, 6.07) is 12.4. The Kier molecular flexibility index (Phi) is 3.31. The smallest absolute Gasteiger partial charge is 0.138 e. The highest BCUT2D eigenvalue weighted by Crippen LogP contribution is 2.32. The Hall–Kier alpha value is -2.33. The van der Waals surface area contributed by atoms with Crippen molar-refractivity contribution in [3.05, 3.63) is 48.3 Å². The molecule has 3 aromatic rings. The molecule has 3 heterocycles. The van der Waals surface area contributed by atoms with E-state index in [0.717, 1.165) is 24.4 Å². The van der Waals surface area contributed by atoms with E-state index in [9.17, 15) is 0 Å². The lowest BCUT2D eigenvalue weighted by atomic mass is 9.94. The molecule has 22 heavy (non-hydrogen) atoms. The highest BCUT2D eigenvalue weighted by atomic mass is 14.9. The van der Waals surface area contributed by atoms with Gasteiger partial charge in [-0.2, -0.15) is 0 Å². The van der Waals surface area contributed by atoms with E-state index in [1.165, 1.54) is 35.0 Å². The molecule has 1 aliphatic heterocycles. The minimum atomic E-state index is 0.606. The van der Waals surface area contributed by atoms with Crippen molar-refractivity contribution in [2.75, 3.05) is 18.8 Å². The van der Waals surface area contributed by atoms with Crippen LogP contribution < -0.4 is 11.1 Å². The zero-order valence-corrected chi connectivity index (χ0v) is 12.5. The molecule has 1 fully saturated rings. The number of hydrogen-bond donors (Lipinski definition) is 3. The Balaban J connectivity index is 1.79. The van der Waals surface area contributed by atoms with E-state index in [2.05, 4.69) is 39.6 Å². The first-order chi connectivity index (χ1) is 10.8. The molecule has 0 saturated carbocycles. The van der Waals surface area contributed by atoms with Crippen LogP contribution in [0.15, 0.2) is 42.6 Å². The average molecular weight is 292 g/mol. The molecule has 0 unspecified atom stereocenters. The largest absolute Gasteiger partial charge is 0.399 e. The lowest BCUT2D eigenvalue weighted by Crippen LogP contribution is -2.26. The van der Waals surface area contributed by atoms with E-state index in [1.54, 1.807) is 0 Å². The van der Waals surface area contributed by atoms with Crippen molar-refractivity contribution in [1.82, 2.24) is 15.3 Å². The zero-order chi connectivity index (χ0) is 14.9. The molecular formula is C18H20N4. The molecule has 1 aromatic carbocycles. The van der Waals surface area contributed by atoms with Gasteiger partial charge in [-0.15, -0.1) is 0 Å². The Morgan fingerprint density at radius 3 is 2.59 bits per heavy atom. The molecule has 0 atom stereocenters. The van der Waals surface area contributed by atoms with E-state index in [-0.39, 0.29) is 0 Å². The fraction of sp³-hybridized carbons (Fsp3) is 0.278. The van der Waals surface area contributed by atoms with E-state index in [0.29, 0.717) is 5.92 Å². The number of nitrogens with zero attached hydrogens (tertiary/aromatic N) is 1. The second-order valence-corrected chi connectivity index (χ2v) is 5.99. The first-order valence-corrected chi connectivity index (χ1v) is 7.85. The standard InChI is InChI=1S/C18H20N4/c19-14-3-1-12(2-4-14)15-7-10-21-18-16(15)11-17(22-18)13-5-8-20-9-6-13/h1-4,7,10-11,13,20H,5-6,8-9,19H2,(H,21,22). The predicted molar refractivity (Wildman–Crippen MR) is 90.8 cm³/mol. The van der Waals surface area contributed by atoms with Crippen LogP contribution in [0.1, 0.15) is 24.5 Å². The summed E-state index contributed by atoms with van der Waals surface area (Å²) in [4.78, 5) is 8.03. The van der Waals surface area contributed by atoms with Crippen molar-refractivity contribution in [2.45, 2.75) is 18.8 Å². The van der Waals surface area contributed by atoms with Gasteiger partial charge in [-0.05, 0) is 61.3 Å². The van der Waals surface area contributed by atoms with Gasteiger partial charge >= 0.3 is 0 Å². The first-order valence-electron chi connectivity index (χ1n) is 7.85. The van der Waals surface area contributed by atoms with Crippen molar-refractivity contribution < 1.29 is 0 Å². The topological polar surface area (TPSA) is 66.7 Å². The van der Waals surface area contributed by atoms with Gasteiger partial charge in [0.15, 0.2) is 0 Å². The molecule has 112 valence electrons. The maximum atomic E-state index is 5.79. The number of nitrogens with one attached hydrogen (secondary N) is 2. The quantitative estimate of drug-likeness (QED) is 0.635. The zero-order valence-electron chi connectivity index (χ0n) is 12.5. The number of piperidine rings is 1. The normalized spacial score (nSPS) is 16.2. The van der Waals surface area contributed by atoms with Gasteiger partial charge in [0.2, 0.25) is 0 Å². The van der Waals surface area contributed by atoms with Crippen molar-refractivity contribution in [3.63, 3.8) is 0 Å². The maximum absolute atomic E-state index is 5.79. The summed E-state index contributed by atoms with van der Waals surface area (Å²) in [6.45, 7) is 2.19. The lowest BCUT2D eigenvalue weighted by molar-refractivity contribution is 0.455. The number of H-pyrrole nitrogens is 1. The summed E-state index contributed by atoms with van der Waals surface area (Å²) >= 11 is 0. The number of hydrogen-bond acceptors (Lipinski definition) is 3. The van der Waals surface area contributed by atoms with E-state index in [1.807, 2.05) is 18.3 Å². The summed E-state index contributed by atoms with van der Waals surface area (Å²) in [6.07, 6.45) is 4.24. The minimum Gasteiger partial charge on any atom is -0.399 e. The Morgan fingerprint density at radius 1 is 1.05 bits per heavy atom. The lowest BCUT2D eigenvalue weighted by Gasteiger charge is -2.21. The molecule has 0 aliphatic carbocycles. The van der Waals surface area contributed by atoms with Gasteiger partial charge in [0.25, 0.3) is 0 Å². The van der Waals surface area contributed by atoms with Gasteiger partial charge in [0.1, 0.15) is 5.65 Å². The van der Waals surface area contributed by atoms with Crippen LogP contribution in [0.2, 0.25) is 0 Å². The molecule has 4 rings (SSSR count). The first kappa shape index (κ1) is 13.3. The third-order valence-electron chi connectivity index (χ3n) is 4.55. The predicted octanol–water partition coefficient (Wildman–Crippen LogP) is 3.28. The average Bonchev–Trinajstić information content (AvgIpc) is 3.01. The summed E-state index contributed by atoms with van der Waals surface area (Å²) in [5, 5.41) is 4.61. The molecule has 0 amide bonds. The van der Waals surface area contributed by atoms with E-state index in [4.69, 9.17) is 5.73 Å². The fourth-order valence-corrected chi connectivity index (χ4v) is 3.31. The van der Waals surface area contributed by atoms with Crippen LogP contribution in [-0.4, -0.2) is 23.1 Å². The molecule has 2 aromatic heterocycles. The van der Waals surface area contributed by atoms with Gasteiger partial charge in [0.05, 0.1) is 0 Å². The van der Waals surface area contributed by atoms with Gasteiger partial charge in [-0.3, -0.25) is 0 Å². The maximum Gasteiger partial charge on any atom is 0.138 e. The van der Waals surface area contributed by atoms with Gasteiger partial charge < -0.3 is 16.0 Å². The molecule has 0 radical (unpaired) electrons. The van der Waals surface area contributed by atoms with E-state index < -0.39 is 0 Å². The number of rotatable bonds is 2. The number of nitrogen functional groups attached to an aromatic ring is 1. The van der Waals surface area contributed by atoms with Gasteiger partial charge in [-0.25, -0.2) is 4.98 Å². The van der Waals surface area contributed by atoms with Crippen LogP contribution >= 0.6 is 0 Å². The number of benzene rings is 1. The third kappa shape index (κ3) is 2.35. The molecule has 1 aliphatic rings. The summed E-state index contributed by atoms with van der Waals surface area (Å²) in [5.74, 6) is 0.606. The molecule has 4 N–H and O–H groups in total. The summed E-state index contributed by atoms with van der Waals surface area (Å²) < 4.78 is 0. The van der Waals surface area contributed by atoms with Gasteiger partial charge in [-0.1, -0.05) is 12.1 Å². The highest BCUT2D eigenvalue weighted by Gasteiger charge is 2.18. The molecule has 4 heteroatoms. The minimum absolute atomic E-state index is 0.606. The Bertz CT molecular complexity index is 782. The molecular weight excluding hydrogens is 272 g/mol. The monoisotopic (exact) mass is 292 g/mol. The van der Waals surface area contributed by atoms with Crippen LogP contribution in [0.5, 0.6) is 0 Å². The number of aromatic amines is 1. The van der Waals surface area contributed by atoms with Crippen LogP contribution in [0.3, 0.4) is 0 Å². The molecule has 1 saturated heterocycles. The third-order valence-corrected chi connectivity index (χ3v) is 4.55. The van der Waals surface area contributed by atoms with Crippen LogP contribution in [0.4, 0.5) is 5.69 Å². The van der Waals surface area contributed by atoms with E-state index >= 15 is 0 Å². The summed E-state index contributed by atoms with van der Waals surface area (Å²) in [7, 11) is 0. The number of aromatic nitrogens is 2. The van der Waals surface area contributed by atoms with Crippen LogP contribution in [-0.2, 0) is 0 Å². The second-order valence-electron chi connectivity index (χ2n) is 5.99. The number of nitrogens with two attached hydrogens (primary N) is 1. The highest BCUT2D eigenvalue weighted by molar-refractivity contribution is 5.93. The molecule has 0 bridgehead atoms. The van der Waals surface area contributed by atoms with Crippen LogP contribution in [0, 0.1) is 0 Å². The fourth-order valence-electron chi connectivity index (χ4n) is 3.31.